The molecule has 0 radical (unpaired) electrons. The molecule has 38 heavy (non-hydrogen) atoms. The number of aryl methyl sites for hydroxylation is 2. The monoisotopic (exact) mass is 503 g/mol. The van der Waals surface area contributed by atoms with Crippen LogP contribution in [0.2, 0.25) is 0 Å². The van der Waals surface area contributed by atoms with Gasteiger partial charge in [0, 0.05) is 12.4 Å². The molecule has 0 aliphatic carbocycles. The van der Waals surface area contributed by atoms with E-state index in [2.05, 4.69) is 60.0 Å². The lowest BCUT2D eigenvalue weighted by Gasteiger charge is -2.11. The second-order valence-electron chi connectivity index (χ2n) is 8.53. The molecule has 0 atom stereocenters. The summed E-state index contributed by atoms with van der Waals surface area (Å²) in [5.41, 5.74) is 2.42. The molecule has 0 spiro atoms. The Bertz CT molecular complexity index is 1410. The Labute approximate surface area is 221 Å². The zero-order valence-corrected chi connectivity index (χ0v) is 21.3. The van der Waals surface area contributed by atoms with E-state index < -0.39 is 0 Å². The van der Waals surface area contributed by atoms with E-state index in [-0.39, 0.29) is 0 Å². The SMILES string of the molecule is CCc1ccnc(Nc2cccc(Nc3cccc(Nc4cccc(Nc5cc(CC)ccn5)n4)n3)n2)c1. The van der Waals surface area contributed by atoms with Gasteiger partial charge in [0.05, 0.1) is 0 Å². The Morgan fingerprint density at radius 2 is 0.763 bits per heavy atom. The van der Waals surface area contributed by atoms with Crippen LogP contribution in [0.5, 0.6) is 0 Å². The first-order valence-electron chi connectivity index (χ1n) is 12.6. The minimum absolute atomic E-state index is 0.653. The molecule has 9 nitrogen and oxygen atoms in total. The van der Waals surface area contributed by atoms with Crippen LogP contribution in [0.1, 0.15) is 25.0 Å². The number of nitrogens with zero attached hydrogens (tertiary/aromatic N) is 5. The molecule has 0 fully saturated rings. The highest BCUT2D eigenvalue weighted by atomic mass is 15.2. The van der Waals surface area contributed by atoms with Crippen LogP contribution >= 0.6 is 0 Å². The number of hydrogen-bond acceptors (Lipinski definition) is 9. The highest BCUT2D eigenvalue weighted by Gasteiger charge is 2.05. The minimum atomic E-state index is 0.653. The Balaban J connectivity index is 1.25. The fraction of sp³-hybridized carbons (Fsp3) is 0.138. The van der Waals surface area contributed by atoms with Crippen molar-refractivity contribution in [3.05, 3.63) is 102 Å². The minimum Gasteiger partial charge on any atom is -0.325 e. The van der Waals surface area contributed by atoms with Gasteiger partial charge in [-0.25, -0.2) is 24.9 Å². The van der Waals surface area contributed by atoms with Gasteiger partial charge in [0.1, 0.15) is 46.5 Å². The molecule has 4 N–H and O–H groups in total. The van der Waals surface area contributed by atoms with Gasteiger partial charge in [-0.3, -0.25) is 0 Å². The maximum Gasteiger partial charge on any atom is 0.133 e. The lowest BCUT2D eigenvalue weighted by atomic mass is 10.2. The maximum atomic E-state index is 4.67. The average molecular weight is 504 g/mol. The molecule has 5 heterocycles. The molecule has 0 unspecified atom stereocenters. The molecule has 5 rings (SSSR count). The summed E-state index contributed by atoms with van der Waals surface area (Å²) in [6, 6.07) is 25.2. The molecule has 0 saturated carbocycles. The molecular weight excluding hydrogens is 474 g/mol. The molecule has 0 aromatic carbocycles. The van der Waals surface area contributed by atoms with Gasteiger partial charge in [-0.2, -0.15) is 0 Å². The van der Waals surface area contributed by atoms with E-state index in [1.165, 1.54) is 11.1 Å². The van der Waals surface area contributed by atoms with Crippen LogP contribution in [0.3, 0.4) is 0 Å². The first-order chi connectivity index (χ1) is 18.7. The predicted molar refractivity (Wildman–Crippen MR) is 153 cm³/mol. The lowest BCUT2D eigenvalue weighted by Crippen LogP contribution is -2.03. The topological polar surface area (TPSA) is 113 Å². The largest absolute Gasteiger partial charge is 0.325 e. The summed E-state index contributed by atoms with van der Waals surface area (Å²) < 4.78 is 0. The molecule has 5 aromatic heterocycles. The number of rotatable bonds is 10. The zero-order valence-electron chi connectivity index (χ0n) is 21.3. The maximum absolute atomic E-state index is 4.67. The standard InChI is InChI=1S/C29H29N9/c1-3-20-14-16-30-28(18-20)37-26-12-6-10-24(35-26)33-22-8-5-9-23(32-22)34-25-11-7-13-27(36-25)38-29-19-21(4-2)15-17-31-29/h5-19H,3-4H2,1-2H3,(H4,30,31,32,33,34,35,36,37,38). The van der Waals surface area contributed by atoms with Crippen molar-refractivity contribution in [3.8, 4) is 0 Å². The van der Waals surface area contributed by atoms with Gasteiger partial charge in [-0.1, -0.05) is 32.0 Å². The van der Waals surface area contributed by atoms with Gasteiger partial charge in [-0.05, 0) is 84.6 Å². The smallest absolute Gasteiger partial charge is 0.133 e. The number of anilines is 8. The first kappa shape index (κ1) is 24.6. The third-order valence-corrected chi connectivity index (χ3v) is 5.74. The summed E-state index contributed by atoms with van der Waals surface area (Å²) in [5, 5.41) is 13.1. The van der Waals surface area contributed by atoms with Gasteiger partial charge < -0.3 is 21.3 Å². The number of nitrogens with one attached hydrogen (secondary N) is 4. The summed E-state index contributed by atoms with van der Waals surface area (Å²) in [4.78, 5) is 22.7. The molecule has 0 amide bonds. The van der Waals surface area contributed by atoms with Crippen LogP contribution in [0.25, 0.3) is 0 Å². The number of hydrogen-bond donors (Lipinski definition) is 4. The van der Waals surface area contributed by atoms with E-state index in [1.54, 1.807) is 12.4 Å². The quantitative estimate of drug-likeness (QED) is 0.164. The van der Waals surface area contributed by atoms with E-state index in [0.29, 0.717) is 34.9 Å². The van der Waals surface area contributed by atoms with Crippen LogP contribution in [0, 0.1) is 0 Å². The molecule has 5 aromatic rings. The third-order valence-electron chi connectivity index (χ3n) is 5.74. The van der Waals surface area contributed by atoms with Crippen LogP contribution < -0.4 is 21.3 Å². The van der Waals surface area contributed by atoms with Crippen molar-refractivity contribution < 1.29 is 0 Å². The molecule has 0 aliphatic heterocycles. The molecule has 0 aliphatic rings. The van der Waals surface area contributed by atoms with E-state index in [0.717, 1.165) is 24.5 Å². The van der Waals surface area contributed by atoms with Gasteiger partial charge in [0.15, 0.2) is 0 Å². The summed E-state index contributed by atoms with van der Waals surface area (Å²) >= 11 is 0. The van der Waals surface area contributed by atoms with E-state index >= 15 is 0 Å². The highest BCUT2D eigenvalue weighted by Crippen LogP contribution is 2.22. The van der Waals surface area contributed by atoms with Crippen molar-refractivity contribution >= 4 is 46.5 Å². The van der Waals surface area contributed by atoms with E-state index in [4.69, 9.17) is 0 Å². The van der Waals surface area contributed by atoms with Gasteiger partial charge in [0.2, 0.25) is 0 Å². The second kappa shape index (κ2) is 11.8. The Hall–Kier alpha value is -5.05. The normalized spacial score (nSPS) is 10.6. The van der Waals surface area contributed by atoms with E-state index in [1.807, 2.05) is 78.9 Å². The fourth-order valence-electron chi connectivity index (χ4n) is 3.77. The van der Waals surface area contributed by atoms with Gasteiger partial charge in [0.25, 0.3) is 0 Å². The third kappa shape index (κ3) is 6.58. The number of aromatic nitrogens is 5. The second-order valence-corrected chi connectivity index (χ2v) is 8.53. The van der Waals surface area contributed by atoms with Crippen molar-refractivity contribution in [2.45, 2.75) is 26.7 Å². The van der Waals surface area contributed by atoms with Crippen molar-refractivity contribution in [2.75, 3.05) is 21.3 Å². The van der Waals surface area contributed by atoms with Crippen molar-refractivity contribution in [2.24, 2.45) is 0 Å². The fourth-order valence-corrected chi connectivity index (χ4v) is 3.77. The highest BCUT2D eigenvalue weighted by molar-refractivity contribution is 5.62. The van der Waals surface area contributed by atoms with Crippen molar-refractivity contribution in [3.63, 3.8) is 0 Å². The molecule has 9 heteroatoms. The average Bonchev–Trinajstić information content (AvgIpc) is 2.94. The van der Waals surface area contributed by atoms with Crippen LogP contribution in [0.4, 0.5) is 46.5 Å². The molecule has 0 saturated heterocycles. The Kier molecular flexibility index (Phi) is 7.64. The molecular formula is C29H29N9. The van der Waals surface area contributed by atoms with Crippen LogP contribution in [0.15, 0.2) is 91.3 Å². The Morgan fingerprint density at radius 1 is 0.447 bits per heavy atom. The van der Waals surface area contributed by atoms with Crippen LogP contribution in [-0.2, 0) is 12.8 Å². The molecule has 190 valence electrons. The van der Waals surface area contributed by atoms with Gasteiger partial charge >= 0.3 is 0 Å². The first-order valence-corrected chi connectivity index (χ1v) is 12.6. The van der Waals surface area contributed by atoms with Crippen LogP contribution in [-0.4, -0.2) is 24.9 Å². The Morgan fingerprint density at radius 3 is 1.08 bits per heavy atom. The van der Waals surface area contributed by atoms with Crippen molar-refractivity contribution in [1.29, 1.82) is 0 Å². The summed E-state index contributed by atoms with van der Waals surface area (Å²) in [6.07, 6.45) is 5.49. The summed E-state index contributed by atoms with van der Waals surface area (Å²) in [6.45, 7) is 4.23. The number of pyridine rings is 5. The summed E-state index contributed by atoms with van der Waals surface area (Å²) in [5.74, 6) is 5.54. The predicted octanol–water partition coefficient (Wildman–Crippen LogP) is 6.76. The van der Waals surface area contributed by atoms with Crippen molar-refractivity contribution in [1.82, 2.24) is 24.9 Å². The molecule has 0 bridgehead atoms. The zero-order chi connectivity index (χ0) is 26.2. The van der Waals surface area contributed by atoms with Gasteiger partial charge in [-0.15, -0.1) is 0 Å². The summed E-state index contributed by atoms with van der Waals surface area (Å²) in [7, 11) is 0. The van der Waals surface area contributed by atoms with E-state index in [9.17, 15) is 0 Å². The lowest BCUT2D eigenvalue weighted by molar-refractivity contribution is 1.12.